The highest BCUT2D eigenvalue weighted by Crippen LogP contribution is 2.26. The molecule has 0 spiro atoms. The summed E-state index contributed by atoms with van der Waals surface area (Å²) in [4.78, 5) is 20.2. The topological polar surface area (TPSA) is 134 Å². The molecule has 1 aromatic heterocycles. The molecule has 1 aromatic carbocycles. The van der Waals surface area contributed by atoms with Crippen LogP contribution in [-0.4, -0.2) is 37.3 Å². The number of urea groups is 1. The molecule has 0 aliphatic rings. The largest absolute Gasteiger partial charge is 0.481 e. The number of rotatable bonds is 6. The van der Waals surface area contributed by atoms with E-state index in [0.29, 0.717) is 10.6 Å². The van der Waals surface area contributed by atoms with Crippen LogP contribution in [0.4, 0.5) is 10.7 Å². The molecule has 1 heterocycles. The van der Waals surface area contributed by atoms with Crippen molar-refractivity contribution in [2.24, 2.45) is 0 Å². The Hall–Kier alpha value is -2.84. The Balaban J connectivity index is 2.18. The number of amides is 2. The van der Waals surface area contributed by atoms with Gasteiger partial charge < -0.3 is 4.74 Å². The molecule has 0 saturated heterocycles. The van der Waals surface area contributed by atoms with Crippen LogP contribution >= 0.6 is 11.8 Å². The molecule has 0 fully saturated rings. The summed E-state index contributed by atoms with van der Waals surface area (Å²) >= 11 is 1.06. The average Bonchev–Trinajstić information content (AvgIpc) is 2.59. The molecule has 0 atom stereocenters. The van der Waals surface area contributed by atoms with Crippen molar-refractivity contribution >= 4 is 33.8 Å². The Morgan fingerprint density at radius 2 is 2.08 bits per heavy atom. The second kappa shape index (κ2) is 8.50. The number of hydrogen-bond acceptors (Lipinski definition) is 8. The summed E-state index contributed by atoms with van der Waals surface area (Å²) in [5.74, 6) is 0.214. The number of anilines is 1. The number of nitriles is 1. The molecular formula is C15H15N5O4S2. The zero-order chi connectivity index (χ0) is 19.2. The Bertz CT molecular complexity index is 957. The lowest BCUT2D eigenvalue weighted by atomic mass is 10.4. The minimum Gasteiger partial charge on any atom is -0.481 e. The second-order valence-corrected chi connectivity index (χ2v) is 7.50. The van der Waals surface area contributed by atoms with Crippen molar-refractivity contribution in [3.05, 3.63) is 36.0 Å². The number of nitrogens with zero attached hydrogens (tertiary/aromatic N) is 3. The standard InChI is InChI=1S/C15H15N5O4S2/c1-10-9-13(24-2)18-14(17-10)19-15(21)20-26(22,23)12-6-4-3-5-11(12)25-8-7-16/h3-6,9H,8H2,1-2H3,(H2,17,18,19,20,21). The van der Waals surface area contributed by atoms with E-state index in [1.54, 1.807) is 25.1 Å². The fourth-order valence-electron chi connectivity index (χ4n) is 1.91. The van der Waals surface area contributed by atoms with E-state index in [9.17, 15) is 13.2 Å². The fourth-order valence-corrected chi connectivity index (χ4v) is 4.01. The van der Waals surface area contributed by atoms with E-state index in [1.165, 1.54) is 19.2 Å². The highest BCUT2D eigenvalue weighted by Gasteiger charge is 2.21. The summed E-state index contributed by atoms with van der Waals surface area (Å²) in [7, 11) is -2.74. The van der Waals surface area contributed by atoms with Crippen molar-refractivity contribution in [1.29, 1.82) is 5.26 Å². The maximum atomic E-state index is 12.5. The molecular weight excluding hydrogens is 378 g/mol. The lowest BCUT2D eigenvalue weighted by Crippen LogP contribution is -2.35. The van der Waals surface area contributed by atoms with Gasteiger partial charge in [-0.3, -0.25) is 5.32 Å². The normalized spacial score (nSPS) is 10.7. The number of hydrogen-bond donors (Lipinski definition) is 2. The smallest absolute Gasteiger partial charge is 0.335 e. The summed E-state index contributed by atoms with van der Waals surface area (Å²) < 4.78 is 31.8. The first-order valence-electron chi connectivity index (χ1n) is 7.18. The molecule has 0 aliphatic carbocycles. The molecule has 0 radical (unpaired) electrons. The van der Waals surface area contributed by atoms with Gasteiger partial charge in [-0.2, -0.15) is 10.2 Å². The predicted octanol–water partition coefficient (Wildman–Crippen LogP) is 1.92. The molecule has 0 bridgehead atoms. The van der Waals surface area contributed by atoms with Gasteiger partial charge in [-0.25, -0.2) is 22.9 Å². The van der Waals surface area contributed by atoms with Crippen LogP contribution < -0.4 is 14.8 Å². The van der Waals surface area contributed by atoms with Gasteiger partial charge in [0.05, 0.1) is 18.9 Å². The fraction of sp³-hybridized carbons (Fsp3) is 0.200. The van der Waals surface area contributed by atoms with E-state index in [1.807, 2.05) is 10.8 Å². The average molecular weight is 393 g/mol. The van der Waals surface area contributed by atoms with Crippen LogP contribution in [0.15, 0.2) is 40.1 Å². The molecule has 9 nitrogen and oxygen atoms in total. The molecule has 2 aromatic rings. The van der Waals surface area contributed by atoms with E-state index in [-0.39, 0.29) is 22.5 Å². The summed E-state index contributed by atoms with van der Waals surface area (Å²) in [5.41, 5.74) is 0.535. The number of aryl methyl sites for hydroxylation is 1. The Kier molecular flexibility index (Phi) is 6.37. The predicted molar refractivity (Wildman–Crippen MR) is 95.4 cm³/mol. The number of carbonyl (C=O) groups is 1. The van der Waals surface area contributed by atoms with E-state index < -0.39 is 16.1 Å². The minimum atomic E-state index is -4.15. The first-order chi connectivity index (χ1) is 12.4. The number of nitrogens with one attached hydrogen (secondary N) is 2. The van der Waals surface area contributed by atoms with Gasteiger partial charge in [0.2, 0.25) is 11.8 Å². The van der Waals surface area contributed by atoms with E-state index in [2.05, 4.69) is 15.3 Å². The lowest BCUT2D eigenvalue weighted by Gasteiger charge is -2.11. The second-order valence-electron chi connectivity index (χ2n) is 4.83. The lowest BCUT2D eigenvalue weighted by molar-refractivity contribution is 0.256. The first kappa shape index (κ1) is 19.5. The van der Waals surface area contributed by atoms with Crippen LogP contribution in [0, 0.1) is 18.3 Å². The van der Waals surface area contributed by atoms with Crippen LogP contribution in [0.25, 0.3) is 0 Å². The summed E-state index contributed by atoms with van der Waals surface area (Å²) in [6.45, 7) is 1.67. The van der Waals surface area contributed by atoms with Gasteiger partial charge in [0.1, 0.15) is 4.90 Å². The molecule has 2 amide bonds. The van der Waals surface area contributed by atoms with Crippen LogP contribution in [0.1, 0.15) is 5.69 Å². The Morgan fingerprint density at radius 3 is 2.77 bits per heavy atom. The maximum Gasteiger partial charge on any atom is 0.335 e. The molecule has 0 aliphatic heterocycles. The van der Waals surface area contributed by atoms with Crippen LogP contribution in [0.3, 0.4) is 0 Å². The SMILES string of the molecule is COc1cc(C)nc(NC(=O)NS(=O)(=O)c2ccccc2SCC#N)n1. The summed E-state index contributed by atoms with van der Waals surface area (Å²) in [6.07, 6.45) is 0. The van der Waals surface area contributed by atoms with Crippen molar-refractivity contribution in [3.8, 4) is 11.9 Å². The van der Waals surface area contributed by atoms with Crippen LogP contribution in [0.2, 0.25) is 0 Å². The van der Waals surface area contributed by atoms with E-state index in [0.717, 1.165) is 11.8 Å². The first-order valence-corrected chi connectivity index (χ1v) is 9.65. The Morgan fingerprint density at radius 1 is 1.35 bits per heavy atom. The van der Waals surface area contributed by atoms with Gasteiger partial charge in [0.25, 0.3) is 10.0 Å². The highest BCUT2D eigenvalue weighted by atomic mass is 32.2. The van der Waals surface area contributed by atoms with Gasteiger partial charge in [-0.1, -0.05) is 12.1 Å². The molecule has 0 unspecified atom stereocenters. The number of methoxy groups -OCH3 is 1. The van der Waals surface area contributed by atoms with Crippen molar-refractivity contribution in [2.75, 3.05) is 18.2 Å². The number of sulfonamides is 1. The molecule has 136 valence electrons. The monoisotopic (exact) mass is 393 g/mol. The maximum absolute atomic E-state index is 12.5. The number of aromatic nitrogens is 2. The van der Waals surface area contributed by atoms with Crippen molar-refractivity contribution in [1.82, 2.24) is 14.7 Å². The van der Waals surface area contributed by atoms with Crippen LogP contribution in [0.5, 0.6) is 5.88 Å². The van der Waals surface area contributed by atoms with Crippen molar-refractivity contribution < 1.29 is 17.9 Å². The van der Waals surface area contributed by atoms with Crippen LogP contribution in [-0.2, 0) is 10.0 Å². The number of ether oxygens (including phenoxy) is 1. The number of thioether (sulfide) groups is 1. The highest BCUT2D eigenvalue weighted by molar-refractivity contribution is 8.00. The summed E-state index contributed by atoms with van der Waals surface area (Å²) in [6, 6.07) is 8.54. The van der Waals surface area contributed by atoms with Gasteiger partial charge in [0.15, 0.2) is 0 Å². The minimum absolute atomic E-state index is 0.0790. The third-order valence-electron chi connectivity index (χ3n) is 2.92. The third-order valence-corrected chi connectivity index (χ3v) is 5.38. The molecule has 2 N–H and O–H groups in total. The van der Waals surface area contributed by atoms with Crippen molar-refractivity contribution in [2.45, 2.75) is 16.7 Å². The third kappa shape index (κ3) is 5.08. The van der Waals surface area contributed by atoms with Gasteiger partial charge >= 0.3 is 6.03 Å². The van der Waals surface area contributed by atoms with Gasteiger partial charge in [-0.15, -0.1) is 11.8 Å². The number of carbonyl (C=O) groups excluding carboxylic acids is 1. The van der Waals surface area contributed by atoms with Gasteiger partial charge in [-0.05, 0) is 19.1 Å². The zero-order valence-electron chi connectivity index (χ0n) is 13.9. The zero-order valence-corrected chi connectivity index (χ0v) is 15.5. The summed E-state index contributed by atoms with van der Waals surface area (Å²) in [5, 5.41) is 10.9. The van der Waals surface area contributed by atoms with Crippen molar-refractivity contribution in [3.63, 3.8) is 0 Å². The Labute approximate surface area is 154 Å². The van der Waals surface area contributed by atoms with Gasteiger partial charge in [0, 0.05) is 16.7 Å². The number of benzene rings is 1. The molecule has 26 heavy (non-hydrogen) atoms. The van der Waals surface area contributed by atoms with E-state index in [4.69, 9.17) is 10.00 Å². The molecule has 2 rings (SSSR count). The van der Waals surface area contributed by atoms with E-state index >= 15 is 0 Å². The molecule has 0 saturated carbocycles. The molecule has 11 heteroatoms. The quantitative estimate of drug-likeness (QED) is 0.711.